The third-order valence-electron chi connectivity index (χ3n) is 3.31. The van der Waals surface area contributed by atoms with Crippen LogP contribution in [0.15, 0.2) is 53.4 Å². The highest BCUT2D eigenvalue weighted by Crippen LogP contribution is 2.29. The van der Waals surface area contributed by atoms with Crippen LogP contribution in [0.2, 0.25) is 5.02 Å². The minimum atomic E-state index is 0.0272. The average molecular weight is 320 g/mol. The van der Waals surface area contributed by atoms with Gasteiger partial charge in [0.15, 0.2) is 0 Å². The number of rotatable bonds is 6. The molecule has 0 amide bonds. The molecule has 0 spiro atoms. The van der Waals surface area contributed by atoms with E-state index in [0.29, 0.717) is 5.92 Å². The smallest absolute Gasteiger partial charge is 0.0541 e. The van der Waals surface area contributed by atoms with Gasteiger partial charge in [-0.3, -0.25) is 0 Å². The summed E-state index contributed by atoms with van der Waals surface area (Å²) >= 11 is 7.87. The van der Waals surface area contributed by atoms with Crippen molar-refractivity contribution in [2.75, 3.05) is 5.75 Å². The first-order chi connectivity index (χ1) is 10.1. The van der Waals surface area contributed by atoms with E-state index < -0.39 is 0 Å². The molecule has 0 fully saturated rings. The van der Waals surface area contributed by atoms with Gasteiger partial charge in [-0.25, -0.2) is 0 Å². The standard InChI is InChI=1S/C18H22ClNS/c1-13(2)11-14-7-9-15(10-8-14)17(20)12-21-18-6-4-3-5-16(18)19/h3-10,13,17H,11-12,20H2,1-2H3. The Morgan fingerprint density at radius 2 is 1.71 bits per heavy atom. The molecule has 0 bridgehead atoms. The van der Waals surface area contributed by atoms with Crippen LogP contribution < -0.4 is 5.73 Å². The molecule has 21 heavy (non-hydrogen) atoms. The van der Waals surface area contributed by atoms with Gasteiger partial charge in [-0.15, -0.1) is 11.8 Å². The SMILES string of the molecule is CC(C)Cc1ccc(C(N)CSc2ccccc2Cl)cc1. The Bertz CT molecular complexity index is 566. The molecule has 0 heterocycles. The molecule has 1 atom stereocenters. The number of nitrogens with two attached hydrogens (primary N) is 1. The zero-order valence-electron chi connectivity index (χ0n) is 12.6. The third kappa shape index (κ3) is 5.06. The number of benzene rings is 2. The summed E-state index contributed by atoms with van der Waals surface area (Å²) in [6, 6.07) is 16.6. The summed E-state index contributed by atoms with van der Waals surface area (Å²) in [5.41, 5.74) is 8.84. The molecular formula is C18H22ClNS. The molecule has 0 saturated carbocycles. The first kappa shape index (κ1) is 16.4. The summed E-state index contributed by atoms with van der Waals surface area (Å²) < 4.78 is 0. The van der Waals surface area contributed by atoms with Crippen molar-refractivity contribution >= 4 is 23.4 Å². The van der Waals surface area contributed by atoms with Gasteiger partial charge < -0.3 is 5.73 Å². The normalized spacial score (nSPS) is 12.6. The maximum atomic E-state index is 6.28. The van der Waals surface area contributed by atoms with Crippen LogP contribution in [0.3, 0.4) is 0 Å². The summed E-state index contributed by atoms with van der Waals surface area (Å²) in [4.78, 5) is 1.09. The highest BCUT2D eigenvalue weighted by molar-refractivity contribution is 7.99. The first-order valence-corrected chi connectivity index (χ1v) is 8.64. The van der Waals surface area contributed by atoms with Crippen LogP contribution in [0.1, 0.15) is 31.0 Å². The molecule has 2 aromatic carbocycles. The Kier molecular flexibility index (Phi) is 6.16. The monoisotopic (exact) mass is 319 g/mol. The molecule has 0 saturated heterocycles. The lowest BCUT2D eigenvalue weighted by molar-refractivity contribution is 0.647. The van der Waals surface area contributed by atoms with Gasteiger partial charge >= 0.3 is 0 Å². The predicted octanol–water partition coefficient (Wildman–Crippen LogP) is 5.33. The van der Waals surface area contributed by atoms with Crippen LogP contribution in [0.4, 0.5) is 0 Å². The predicted molar refractivity (Wildman–Crippen MR) is 94.1 cm³/mol. The quantitative estimate of drug-likeness (QED) is 0.728. The van der Waals surface area contributed by atoms with Gasteiger partial charge in [0, 0.05) is 16.7 Å². The van der Waals surface area contributed by atoms with E-state index >= 15 is 0 Å². The summed E-state index contributed by atoms with van der Waals surface area (Å²) in [5, 5.41) is 0.794. The van der Waals surface area contributed by atoms with E-state index in [-0.39, 0.29) is 6.04 Å². The lowest BCUT2D eigenvalue weighted by atomic mass is 10.0. The second-order valence-electron chi connectivity index (χ2n) is 5.69. The lowest BCUT2D eigenvalue weighted by Crippen LogP contribution is -2.13. The van der Waals surface area contributed by atoms with Crippen molar-refractivity contribution in [1.82, 2.24) is 0 Å². The van der Waals surface area contributed by atoms with Crippen molar-refractivity contribution in [1.29, 1.82) is 0 Å². The molecule has 0 aliphatic carbocycles. The number of thioether (sulfide) groups is 1. The van der Waals surface area contributed by atoms with Crippen LogP contribution in [-0.4, -0.2) is 5.75 Å². The maximum Gasteiger partial charge on any atom is 0.0541 e. The minimum absolute atomic E-state index is 0.0272. The van der Waals surface area contributed by atoms with Crippen molar-refractivity contribution in [3.63, 3.8) is 0 Å². The molecule has 2 rings (SSSR count). The Balaban J connectivity index is 1.94. The van der Waals surface area contributed by atoms with Crippen LogP contribution in [0.25, 0.3) is 0 Å². The molecule has 3 heteroatoms. The summed E-state index contributed by atoms with van der Waals surface area (Å²) in [7, 11) is 0. The second kappa shape index (κ2) is 7.88. The number of hydrogen-bond donors (Lipinski definition) is 1. The van der Waals surface area contributed by atoms with Crippen LogP contribution >= 0.6 is 23.4 Å². The third-order valence-corrected chi connectivity index (χ3v) is 4.94. The van der Waals surface area contributed by atoms with Gasteiger partial charge in [0.2, 0.25) is 0 Å². The maximum absolute atomic E-state index is 6.28. The topological polar surface area (TPSA) is 26.0 Å². The van der Waals surface area contributed by atoms with Gasteiger partial charge in [0.25, 0.3) is 0 Å². The van der Waals surface area contributed by atoms with E-state index in [4.69, 9.17) is 17.3 Å². The molecule has 0 aromatic heterocycles. The number of hydrogen-bond acceptors (Lipinski definition) is 2. The van der Waals surface area contributed by atoms with Crippen molar-refractivity contribution < 1.29 is 0 Å². The van der Waals surface area contributed by atoms with Gasteiger partial charge in [0.05, 0.1) is 5.02 Å². The molecule has 0 radical (unpaired) electrons. The van der Waals surface area contributed by atoms with E-state index in [1.807, 2.05) is 24.3 Å². The molecule has 1 nitrogen and oxygen atoms in total. The van der Waals surface area contributed by atoms with Gasteiger partial charge in [-0.2, -0.15) is 0 Å². The Labute approximate surface area is 136 Å². The fourth-order valence-electron chi connectivity index (χ4n) is 2.21. The van der Waals surface area contributed by atoms with Crippen molar-refractivity contribution in [3.8, 4) is 0 Å². The molecule has 0 aliphatic rings. The van der Waals surface area contributed by atoms with Crippen molar-refractivity contribution in [2.45, 2.75) is 31.2 Å². The molecule has 0 aliphatic heterocycles. The Morgan fingerprint density at radius 1 is 1.05 bits per heavy atom. The van der Waals surface area contributed by atoms with E-state index in [2.05, 4.69) is 38.1 Å². The van der Waals surface area contributed by atoms with E-state index in [9.17, 15) is 0 Å². The summed E-state index contributed by atoms with van der Waals surface area (Å²) in [5.74, 6) is 1.51. The molecule has 112 valence electrons. The Morgan fingerprint density at radius 3 is 2.33 bits per heavy atom. The largest absolute Gasteiger partial charge is 0.323 e. The van der Waals surface area contributed by atoms with Crippen molar-refractivity contribution in [3.05, 3.63) is 64.7 Å². The van der Waals surface area contributed by atoms with E-state index in [1.54, 1.807) is 11.8 Å². The van der Waals surface area contributed by atoms with E-state index in [1.165, 1.54) is 11.1 Å². The Hall–Kier alpha value is -0.960. The molecular weight excluding hydrogens is 298 g/mol. The highest BCUT2D eigenvalue weighted by atomic mass is 35.5. The minimum Gasteiger partial charge on any atom is -0.323 e. The molecule has 2 N–H and O–H groups in total. The number of halogens is 1. The lowest BCUT2D eigenvalue weighted by Gasteiger charge is -2.13. The summed E-state index contributed by atoms with van der Waals surface area (Å²) in [6.07, 6.45) is 1.11. The van der Waals surface area contributed by atoms with Crippen molar-refractivity contribution in [2.24, 2.45) is 11.7 Å². The van der Waals surface area contributed by atoms with Gasteiger partial charge in [0.1, 0.15) is 0 Å². The zero-order chi connectivity index (χ0) is 15.2. The molecule has 1 unspecified atom stereocenters. The second-order valence-corrected chi connectivity index (χ2v) is 7.16. The highest BCUT2D eigenvalue weighted by Gasteiger charge is 2.08. The van der Waals surface area contributed by atoms with Gasteiger partial charge in [-0.05, 0) is 35.6 Å². The van der Waals surface area contributed by atoms with Crippen LogP contribution in [0.5, 0.6) is 0 Å². The van der Waals surface area contributed by atoms with Crippen LogP contribution in [0, 0.1) is 5.92 Å². The van der Waals surface area contributed by atoms with Crippen LogP contribution in [-0.2, 0) is 6.42 Å². The zero-order valence-corrected chi connectivity index (χ0v) is 14.1. The fraction of sp³-hybridized carbons (Fsp3) is 0.333. The van der Waals surface area contributed by atoms with E-state index in [0.717, 1.165) is 22.1 Å². The average Bonchev–Trinajstić information content (AvgIpc) is 2.46. The first-order valence-electron chi connectivity index (χ1n) is 7.28. The molecule has 2 aromatic rings. The summed E-state index contributed by atoms with van der Waals surface area (Å²) in [6.45, 7) is 4.47. The fourth-order valence-corrected chi connectivity index (χ4v) is 3.44. The van der Waals surface area contributed by atoms with Gasteiger partial charge in [-0.1, -0.05) is 61.8 Å².